The van der Waals surface area contributed by atoms with Gasteiger partial charge in [0.2, 0.25) is 0 Å². The zero-order valence-electron chi connectivity index (χ0n) is 6.72. The third-order valence-corrected chi connectivity index (χ3v) is 3.58. The van der Waals surface area contributed by atoms with Crippen molar-refractivity contribution in [3.05, 3.63) is 0 Å². The van der Waals surface area contributed by atoms with E-state index >= 15 is 0 Å². The topological polar surface area (TPSA) is 29.5 Å². The van der Waals surface area contributed by atoms with Crippen LogP contribution < -0.4 is 0 Å². The third-order valence-electron chi connectivity index (χ3n) is 3.58. The molecule has 0 radical (unpaired) electrons. The van der Waals surface area contributed by atoms with Gasteiger partial charge in [-0.2, -0.15) is 0 Å². The zero-order valence-corrected chi connectivity index (χ0v) is 6.72. The second-order valence-corrected chi connectivity index (χ2v) is 3.87. The largest absolute Gasteiger partial charge is 0.386 e. The molecular weight excluding hydrogens is 128 g/mol. The second kappa shape index (κ2) is 1.41. The van der Waals surface area contributed by atoms with Gasteiger partial charge in [-0.05, 0) is 6.92 Å². The van der Waals surface area contributed by atoms with Gasteiger partial charge in [0.1, 0.15) is 11.2 Å². The fourth-order valence-corrected chi connectivity index (χ4v) is 2.40. The van der Waals surface area contributed by atoms with E-state index in [-0.39, 0.29) is 5.60 Å². The molecule has 1 saturated carbocycles. The minimum Gasteiger partial charge on any atom is -0.386 e. The van der Waals surface area contributed by atoms with E-state index in [9.17, 15) is 5.11 Å². The van der Waals surface area contributed by atoms with Gasteiger partial charge in [-0.15, -0.1) is 0 Å². The SMILES string of the molecule is CC1CO[C@@]2(C)C(C)[C@]12O. The molecule has 0 aromatic carbocycles. The highest BCUT2D eigenvalue weighted by Crippen LogP contribution is 2.64. The van der Waals surface area contributed by atoms with Crippen LogP contribution in [0.5, 0.6) is 0 Å². The van der Waals surface area contributed by atoms with Gasteiger partial charge in [0.05, 0.1) is 6.61 Å². The monoisotopic (exact) mass is 142 g/mol. The lowest BCUT2D eigenvalue weighted by atomic mass is 10.0. The molecule has 0 amide bonds. The first-order valence-corrected chi connectivity index (χ1v) is 3.90. The minimum absolute atomic E-state index is 0.216. The molecule has 4 atom stereocenters. The molecule has 2 fully saturated rings. The maximum absolute atomic E-state index is 9.94. The lowest BCUT2D eigenvalue weighted by Crippen LogP contribution is -2.23. The van der Waals surface area contributed by atoms with Gasteiger partial charge < -0.3 is 9.84 Å². The lowest BCUT2D eigenvalue weighted by Gasteiger charge is -2.10. The Morgan fingerprint density at radius 1 is 1.50 bits per heavy atom. The van der Waals surface area contributed by atoms with Crippen LogP contribution in [-0.2, 0) is 4.74 Å². The summed E-state index contributed by atoms with van der Waals surface area (Å²) < 4.78 is 5.49. The highest BCUT2D eigenvalue weighted by molar-refractivity contribution is 5.27. The van der Waals surface area contributed by atoms with Crippen LogP contribution in [0.3, 0.4) is 0 Å². The molecule has 2 rings (SSSR count). The Morgan fingerprint density at radius 3 is 2.30 bits per heavy atom. The maximum atomic E-state index is 9.94. The van der Waals surface area contributed by atoms with Gasteiger partial charge in [0, 0.05) is 11.8 Å². The van der Waals surface area contributed by atoms with Crippen molar-refractivity contribution in [3.8, 4) is 0 Å². The van der Waals surface area contributed by atoms with Crippen LogP contribution in [-0.4, -0.2) is 22.9 Å². The Hall–Kier alpha value is -0.0800. The van der Waals surface area contributed by atoms with Crippen molar-refractivity contribution in [2.24, 2.45) is 11.8 Å². The van der Waals surface area contributed by atoms with E-state index in [1.54, 1.807) is 0 Å². The van der Waals surface area contributed by atoms with E-state index < -0.39 is 5.60 Å². The fourth-order valence-electron chi connectivity index (χ4n) is 2.40. The Labute approximate surface area is 61.2 Å². The van der Waals surface area contributed by atoms with Gasteiger partial charge in [-0.1, -0.05) is 13.8 Å². The predicted molar refractivity (Wildman–Crippen MR) is 37.6 cm³/mol. The summed E-state index contributed by atoms with van der Waals surface area (Å²) in [6.07, 6.45) is 0. The molecule has 0 aromatic rings. The molecule has 2 aliphatic rings. The van der Waals surface area contributed by atoms with E-state index in [2.05, 4.69) is 13.8 Å². The smallest absolute Gasteiger partial charge is 0.104 e. The van der Waals surface area contributed by atoms with Crippen LogP contribution in [0.4, 0.5) is 0 Å². The molecule has 2 unspecified atom stereocenters. The summed E-state index contributed by atoms with van der Waals surface area (Å²) in [4.78, 5) is 0. The highest BCUT2D eigenvalue weighted by Gasteiger charge is 2.78. The van der Waals surface area contributed by atoms with Crippen LogP contribution in [0.1, 0.15) is 20.8 Å². The molecule has 1 aliphatic heterocycles. The van der Waals surface area contributed by atoms with Crippen LogP contribution in [0.25, 0.3) is 0 Å². The zero-order chi connectivity index (χ0) is 7.57. The molecule has 0 bridgehead atoms. The van der Waals surface area contributed by atoms with E-state index in [0.29, 0.717) is 11.8 Å². The molecule has 2 nitrogen and oxygen atoms in total. The van der Waals surface area contributed by atoms with Crippen molar-refractivity contribution in [3.63, 3.8) is 0 Å². The summed E-state index contributed by atoms with van der Waals surface area (Å²) in [7, 11) is 0. The number of fused-ring (bicyclic) bond motifs is 1. The molecule has 2 heteroatoms. The third kappa shape index (κ3) is 0.397. The van der Waals surface area contributed by atoms with Crippen molar-refractivity contribution in [1.82, 2.24) is 0 Å². The number of hydrogen-bond acceptors (Lipinski definition) is 2. The van der Waals surface area contributed by atoms with E-state index in [1.165, 1.54) is 0 Å². The fraction of sp³-hybridized carbons (Fsp3) is 1.00. The Balaban J connectivity index is 2.31. The van der Waals surface area contributed by atoms with E-state index in [1.807, 2.05) is 6.92 Å². The average Bonchev–Trinajstić information content (AvgIpc) is 2.17. The van der Waals surface area contributed by atoms with Gasteiger partial charge in [0.15, 0.2) is 0 Å². The number of aliphatic hydroxyl groups is 1. The lowest BCUT2D eigenvalue weighted by molar-refractivity contribution is 0.0479. The second-order valence-electron chi connectivity index (χ2n) is 3.87. The molecule has 1 N–H and O–H groups in total. The van der Waals surface area contributed by atoms with Gasteiger partial charge in [-0.25, -0.2) is 0 Å². The van der Waals surface area contributed by atoms with Crippen molar-refractivity contribution in [2.45, 2.75) is 32.0 Å². The summed E-state index contributed by atoms with van der Waals surface area (Å²) >= 11 is 0. The standard InChI is InChI=1S/C8H14O2/c1-5-4-10-7(3)6(2)8(5,7)9/h5-6,9H,4H2,1-3H3/t5?,6?,7-,8+/m0/s1. The first-order valence-electron chi connectivity index (χ1n) is 3.90. The summed E-state index contributed by atoms with van der Waals surface area (Å²) in [6, 6.07) is 0. The van der Waals surface area contributed by atoms with Crippen molar-refractivity contribution < 1.29 is 9.84 Å². The van der Waals surface area contributed by atoms with E-state index in [0.717, 1.165) is 6.61 Å². The predicted octanol–water partition coefficient (Wildman–Crippen LogP) is 0.792. The Kier molecular flexibility index (Phi) is 0.933. The van der Waals surface area contributed by atoms with Crippen LogP contribution in [0, 0.1) is 11.8 Å². The molecule has 1 aliphatic carbocycles. The molecule has 1 saturated heterocycles. The summed E-state index contributed by atoms with van der Waals surface area (Å²) in [5.74, 6) is 0.635. The van der Waals surface area contributed by atoms with Crippen LogP contribution in [0.2, 0.25) is 0 Å². The Morgan fingerprint density at radius 2 is 2.10 bits per heavy atom. The summed E-state index contributed by atoms with van der Waals surface area (Å²) in [6.45, 7) is 6.82. The van der Waals surface area contributed by atoms with Gasteiger partial charge in [0.25, 0.3) is 0 Å². The van der Waals surface area contributed by atoms with Gasteiger partial charge >= 0.3 is 0 Å². The first-order chi connectivity index (χ1) is 4.53. The molecule has 1 heterocycles. The van der Waals surface area contributed by atoms with Gasteiger partial charge in [-0.3, -0.25) is 0 Å². The Bertz CT molecular complexity index is 174. The number of hydrogen-bond donors (Lipinski definition) is 1. The summed E-state index contributed by atoms with van der Waals surface area (Å²) in [5, 5.41) is 9.94. The summed E-state index contributed by atoms with van der Waals surface area (Å²) in [5.41, 5.74) is -0.723. The maximum Gasteiger partial charge on any atom is 0.104 e. The van der Waals surface area contributed by atoms with E-state index in [4.69, 9.17) is 4.74 Å². The molecule has 0 aromatic heterocycles. The first kappa shape index (κ1) is 6.62. The van der Waals surface area contributed by atoms with Crippen molar-refractivity contribution in [2.75, 3.05) is 6.61 Å². The van der Waals surface area contributed by atoms with Crippen LogP contribution >= 0.6 is 0 Å². The molecule has 0 spiro atoms. The molecule has 58 valence electrons. The highest BCUT2D eigenvalue weighted by atomic mass is 16.5. The minimum atomic E-state index is -0.507. The molecular formula is C8H14O2. The average molecular weight is 142 g/mol. The number of ether oxygens (including phenoxy) is 1. The van der Waals surface area contributed by atoms with Crippen LogP contribution in [0.15, 0.2) is 0 Å². The normalized spacial score (nSPS) is 66.0. The van der Waals surface area contributed by atoms with Crippen molar-refractivity contribution in [1.29, 1.82) is 0 Å². The number of rotatable bonds is 0. The quantitative estimate of drug-likeness (QED) is 0.542. The molecule has 10 heavy (non-hydrogen) atoms. The van der Waals surface area contributed by atoms with Crippen molar-refractivity contribution >= 4 is 0 Å².